The van der Waals surface area contributed by atoms with Gasteiger partial charge >= 0.3 is 0 Å². The van der Waals surface area contributed by atoms with Crippen molar-refractivity contribution in [1.29, 1.82) is 0 Å². The molecule has 2 rings (SSSR count). The van der Waals surface area contributed by atoms with Crippen molar-refractivity contribution in [3.63, 3.8) is 0 Å². The highest BCUT2D eigenvalue weighted by atomic mass is 32.2. The first-order valence-electron chi connectivity index (χ1n) is 7.08. The lowest BCUT2D eigenvalue weighted by Gasteiger charge is -2.21. The van der Waals surface area contributed by atoms with Crippen LogP contribution in [0.2, 0.25) is 0 Å². The van der Waals surface area contributed by atoms with Gasteiger partial charge in [0.05, 0.1) is 5.75 Å². The van der Waals surface area contributed by atoms with Crippen molar-refractivity contribution in [2.24, 2.45) is 0 Å². The molecule has 1 heterocycles. The van der Waals surface area contributed by atoms with Gasteiger partial charge in [0, 0.05) is 38.0 Å². The quantitative estimate of drug-likeness (QED) is 0.798. The van der Waals surface area contributed by atoms with Crippen LogP contribution >= 0.6 is 11.8 Å². The monoisotopic (exact) mass is 328 g/mol. The number of nitrogens with zero attached hydrogens (tertiary/aromatic N) is 2. The third-order valence-electron chi connectivity index (χ3n) is 3.55. The Labute approximate surface area is 132 Å². The fourth-order valence-corrected chi connectivity index (χ4v) is 3.11. The molecule has 0 radical (unpaired) electrons. The zero-order valence-electron chi connectivity index (χ0n) is 12.3. The van der Waals surface area contributed by atoms with E-state index in [2.05, 4.69) is 0 Å². The Kier molecular flexibility index (Phi) is 5.76. The average molecular weight is 328 g/mol. The van der Waals surface area contributed by atoms with E-state index in [1.54, 1.807) is 9.80 Å². The van der Waals surface area contributed by atoms with Gasteiger partial charge in [0.25, 0.3) is 0 Å². The van der Waals surface area contributed by atoms with Crippen molar-refractivity contribution in [2.75, 3.05) is 31.9 Å². The van der Waals surface area contributed by atoms with E-state index in [4.69, 9.17) is 0 Å². The highest BCUT2D eigenvalue weighted by molar-refractivity contribution is 8.00. The van der Waals surface area contributed by atoms with Crippen molar-refractivity contribution in [3.05, 3.63) is 29.8 Å². The number of carbonyl (C=O) groups is 2. The van der Waals surface area contributed by atoms with Gasteiger partial charge < -0.3 is 9.80 Å². The number of benzene rings is 1. The SMILES string of the molecule is CC(=O)N1CCCN(C(=O)CSc2ccc(F)c(F)c2)CC1. The predicted molar refractivity (Wildman–Crippen MR) is 80.5 cm³/mol. The van der Waals surface area contributed by atoms with E-state index in [1.807, 2.05) is 0 Å². The van der Waals surface area contributed by atoms with E-state index in [1.165, 1.54) is 24.8 Å². The van der Waals surface area contributed by atoms with Gasteiger partial charge in [0.2, 0.25) is 11.8 Å². The highest BCUT2D eigenvalue weighted by Crippen LogP contribution is 2.21. The van der Waals surface area contributed by atoms with E-state index >= 15 is 0 Å². The molecule has 1 aromatic rings. The van der Waals surface area contributed by atoms with Crippen LogP contribution in [0.25, 0.3) is 0 Å². The molecule has 1 aliphatic heterocycles. The van der Waals surface area contributed by atoms with Gasteiger partial charge in [0.1, 0.15) is 0 Å². The van der Waals surface area contributed by atoms with Crippen LogP contribution in [-0.4, -0.2) is 53.5 Å². The number of halogens is 2. The molecule has 2 amide bonds. The Morgan fingerprint density at radius 3 is 2.45 bits per heavy atom. The van der Waals surface area contributed by atoms with Crippen molar-refractivity contribution in [1.82, 2.24) is 9.80 Å². The first-order valence-corrected chi connectivity index (χ1v) is 8.07. The first-order chi connectivity index (χ1) is 10.5. The molecule has 7 heteroatoms. The maximum absolute atomic E-state index is 13.1. The first kappa shape index (κ1) is 16.7. The lowest BCUT2D eigenvalue weighted by Crippen LogP contribution is -2.37. The summed E-state index contributed by atoms with van der Waals surface area (Å²) in [4.78, 5) is 27.5. The second-order valence-electron chi connectivity index (χ2n) is 5.10. The van der Waals surface area contributed by atoms with E-state index in [-0.39, 0.29) is 17.6 Å². The molecule has 0 atom stereocenters. The second-order valence-corrected chi connectivity index (χ2v) is 6.15. The second kappa shape index (κ2) is 7.58. The van der Waals surface area contributed by atoms with E-state index in [0.717, 1.165) is 18.6 Å². The summed E-state index contributed by atoms with van der Waals surface area (Å²) in [6.07, 6.45) is 0.751. The van der Waals surface area contributed by atoms with Crippen molar-refractivity contribution < 1.29 is 18.4 Å². The van der Waals surface area contributed by atoms with Crippen molar-refractivity contribution >= 4 is 23.6 Å². The number of thioether (sulfide) groups is 1. The van der Waals surface area contributed by atoms with E-state index in [9.17, 15) is 18.4 Å². The Bertz CT molecular complexity index is 568. The molecule has 1 aliphatic rings. The summed E-state index contributed by atoms with van der Waals surface area (Å²) in [5, 5.41) is 0. The molecule has 1 fully saturated rings. The average Bonchev–Trinajstić information content (AvgIpc) is 2.74. The normalized spacial score (nSPS) is 15.6. The molecular formula is C15H18F2N2O2S. The lowest BCUT2D eigenvalue weighted by molar-refractivity contribution is -0.130. The molecule has 0 aromatic heterocycles. The number of carbonyl (C=O) groups excluding carboxylic acids is 2. The van der Waals surface area contributed by atoms with Crippen LogP contribution in [0.5, 0.6) is 0 Å². The molecule has 22 heavy (non-hydrogen) atoms. The van der Waals surface area contributed by atoms with Crippen LogP contribution in [0.3, 0.4) is 0 Å². The topological polar surface area (TPSA) is 40.6 Å². The Hall–Kier alpha value is -1.63. The summed E-state index contributed by atoms with van der Waals surface area (Å²) in [5.74, 6) is -1.67. The summed E-state index contributed by atoms with van der Waals surface area (Å²) in [7, 11) is 0. The van der Waals surface area contributed by atoms with Gasteiger partial charge in [-0.2, -0.15) is 0 Å². The molecule has 0 saturated carbocycles. The van der Waals surface area contributed by atoms with Crippen LogP contribution in [0.1, 0.15) is 13.3 Å². The minimum absolute atomic E-state index is 0.0189. The standard InChI is InChI=1S/C15H18F2N2O2S/c1-11(20)18-5-2-6-19(8-7-18)15(21)10-22-12-3-4-13(16)14(17)9-12/h3-4,9H,2,5-8,10H2,1H3. The van der Waals surface area contributed by atoms with Gasteiger partial charge in [-0.15, -0.1) is 11.8 Å². The van der Waals surface area contributed by atoms with Gasteiger partial charge in [-0.1, -0.05) is 0 Å². The predicted octanol–water partition coefficient (Wildman–Crippen LogP) is 2.14. The van der Waals surface area contributed by atoms with Crippen LogP contribution in [-0.2, 0) is 9.59 Å². The molecule has 1 saturated heterocycles. The highest BCUT2D eigenvalue weighted by Gasteiger charge is 2.20. The molecule has 0 aliphatic carbocycles. The maximum Gasteiger partial charge on any atom is 0.232 e. The summed E-state index contributed by atoms with van der Waals surface area (Å²) >= 11 is 1.18. The summed E-state index contributed by atoms with van der Waals surface area (Å²) in [6, 6.07) is 3.60. The van der Waals surface area contributed by atoms with Gasteiger partial charge in [-0.05, 0) is 24.6 Å². The number of hydrogen-bond donors (Lipinski definition) is 0. The minimum Gasteiger partial charge on any atom is -0.341 e. The molecule has 0 spiro atoms. The fourth-order valence-electron chi connectivity index (χ4n) is 2.28. The van der Waals surface area contributed by atoms with E-state index < -0.39 is 11.6 Å². The number of rotatable bonds is 3. The van der Waals surface area contributed by atoms with Crippen LogP contribution in [0.15, 0.2) is 23.1 Å². The maximum atomic E-state index is 13.1. The van der Waals surface area contributed by atoms with E-state index in [0.29, 0.717) is 31.1 Å². The van der Waals surface area contributed by atoms with Gasteiger partial charge in [-0.25, -0.2) is 8.78 Å². The van der Waals surface area contributed by atoms with Crippen LogP contribution < -0.4 is 0 Å². The summed E-state index contributed by atoms with van der Waals surface area (Å²) < 4.78 is 26.0. The largest absolute Gasteiger partial charge is 0.341 e. The number of hydrogen-bond acceptors (Lipinski definition) is 3. The smallest absolute Gasteiger partial charge is 0.232 e. The zero-order chi connectivity index (χ0) is 16.1. The summed E-state index contributed by atoms with van der Waals surface area (Å²) in [6.45, 7) is 3.85. The molecule has 1 aromatic carbocycles. The molecule has 0 unspecified atom stereocenters. The van der Waals surface area contributed by atoms with Crippen LogP contribution in [0.4, 0.5) is 8.78 Å². The van der Waals surface area contributed by atoms with Crippen molar-refractivity contribution in [3.8, 4) is 0 Å². The fraction of sp³-hybridized carbons (Fsp3) is 0.467. The Balaban J connectivity index is 1.86. The lowest BCUT2D eigenvalue weighted by atomic mass is 10.3. The zero-order valence-corrected chi connectivity index (χ0v) is 13.2. The summed E-state index contributed by atoms with van der Waals surface area (Å²) in [5.41, 5.74) is 0. The molecule has 120 valence electrons. The Morgan fingerprint density at radius 1 is 1.09 bits per heavy atom. The Morgan fingerprint density at radius 2 is 1.77 bits per heavy atom. The van der Waals surface area contributed by atoms with Crippen molar-refractivity contribution in [2.45, 2.75) is 18.2 Å². The molecule has 0 bridgehead atoms. The van der Waals surface area contributed by atoms with Crippen LogP contribution in [0, 0.1) is 11.6 Å². The molecule has 0 N–H and O–H groups in total. The number of amides is 2. The third kappa shape index (κ3) is 4.43. The third-order valence-corrected chi connectivity index (χ3v) is 4.53. The van der Waals surface area contributed by atoms with Gasteiger partial charge in [0.15, 0.2) is 11.6 Å². The molecule has 4 nitrogen and oxygen atoms in total. The minimum atomic E-state index is -0.913. The van der Waals surface area contributed by atoms with Gasteiger partial charge in [-0.3, -0.25) is 9.59 Å². The molecular weight excluding hydrogens is 310 g/mol.